The predicted octanol–water partition coefficient (Wildman–Crippen LogP) is 26.9. The number of aryl methyl sites for hydroxylation is 12. The van der Waals surface area contributed by atoms with E-state index in [0.29, 0.717) is 6.61 Å². The highest BCUT2D eigenvalue weighted by Gasteiger charge is 2.29. The second-order valence-corrected chi connectivity index (χ2v) is 32.0. The minimum atomic E-state index is 0.658. The monoisotopic (exact) mass is 1770 g/mol. The summed E-state index contributed by atoms with van der Waals surface area (Å²) < 4.78 is 67.8. The Morgan fingerprint density at radius 1 is 0.195 bits per heavy atom. The summed E-state index contributed by atoms with van der Waals surface area (Å²) in [6, 6.07) is 121. The lowest BCUT2D eigenvalue weighted by Gasteiger charge is -2.19. The van der Waals surface area contributed by atoms with Gasteiger partial charge in [-0.3, -0.25) is 0 Å². The standard InChI is InChI=1S/C24H16O.6C16H18O2/c1-2-7-16-15(6-1)11-12-18-21(16)14-22-20-10-5-13-25-24(20)19-9-4-3-8-17(19)23(18)22;6*1-17-15-9-5-13(6-10-15)3-4-14-7-11-16(18-2)12-8-14/h1-12H,13-14H2;6*5-12H,3-4H2,1-2H3. The molecule has 2 aliphatic rings. The molecule has 0 spiro atoms. The molecule has 13 heteroatoms. The average Bonchev–Trinajstić information content (AvgIpc) is 1.57. The van der Waals surface area contributed by atoms with E-state index < -0.39 is 0 Å². The summed E-state index contributed by atoms with van der Waals surface area (Å²) in [5.41, 5.74) is 22.8. The zero-order valence-corrected chi connectivity index (χ0v) is 78.8. The first-order valence-corrected chi connectivity index (χ1v) is 45.2. The van der Waals surface area contributed by atoms with Crippen LogP contribution in [0.3, 0.4) is 0 Å². The Balaban J connectivity index is 0.000000141. The van der Waals surface area contributed by atoms with E-state index >= 15 is 0 Å². The summed E-state index contributed by atoms with van der Waals surface area (Å²) in [5, 5.41) is 5.22. The smallest absolute Gasteiger partial charge is 0.135 e. The second kappa shape index (κ2) is 52.1. The fourth-order valence-electron chi connectivity index (χ4n) is 15.8. The average molecular weight is 1770 g/mol. The summed E-state index contributed by atoms with van der Waals surface area (Å²) in [6.07, 6.45) is 17.8. The summed E-state index contributed by atoms with van der Waals surface area (Å²) in [7, 11) is 20.2. The lowest BCUT2D eigenvalue weighted by atomic mass is 9.92. The van der Waals surface area contributed by atoms with E-state index in [-0.39, 0.29) is 0 Å². The summed E-state index contributed by atoms with van der Waals surface area (Å²) in [4.78, 5) is 0. The first-order valence-electron chi connectivity index (χ1n) is 45.2. The van der Waals surface area contributed by atoms with Crippen molar-refractivity contribution in [2.45, 2.75) is 83.5 Å². The molecule has 1 aliphatic heterocycles. The van der Waals surface area contributed by atoms with Gasteiger partial charge in [-0.1, -0.05) is 212 Å². The lowest BCUT2D eigenvalue weighted by molar-refractivity contribution is 0.362. The molecule has 682 valence electrons. The van der Waals surface area contributed by atoms with Crippen molar-refractivity contribution < 1.29 is 61.6 Å². The quantitative estimate of drug-likeness (QED) is 0.0425. The molecule has 0 saturated carbocycles. The van der Waals surface area contributed by atoms with E-state index in [1.54, 1.807) is 85.3 Å². The molecule has 0 aromatic heterocycles. The molecule has 13 nitrogen and oxygen atoms in total. The van der Waals surface area contributed by atoms with Gasteiger partial charge < -0.3 is 61.6 Å². The SMILES string of the molecule is C1=Cc2c3c(c4ccccc4c2OC1)-c1ccc2ccccc2c1C3.COc1ccc(CCc2ccc(OC)cc2)cc1.COc1ccc(CCc2ccc(OC)cc2)cc1.COc1ccc(CCc2ccc(OC)cc2)cc1.COc1ccc(CCc2ccc(OC)cc2)cc1.COc1ccc(CCc2ccc(OC)cc2)cc1.COc1ccc(CCc2ccc(OC)cc2)cc1. The van der Waals surface area contributed by atoms with E-state index in [1.807, 2.05) is 146 Å². The first-order chi connectivity index (χ1) is 65.3. The zero-order chi connectivity index (χ0) is 93.1. The number of hydrogen-bond donors (Lipinski definition) is 0. The molecule has 0 unspecified atom stereocenters. The van der Waals surface area contributed by atoms with Gasteiger partial charge in [0.2, 0.25) is 0 Å². The molecule has 18 rings (SSSR count). The Bertz CT molecular complexity index is 5120. The maximum absolute atomic E-state index is 6.06. The highest BCUT2D eigenvalue weighted by atomic mass is 16.5. The Morgan fingerprint density at radius 2 is 0.391 bits per heavy atom. The van der Waals surface area contributed by atoms with Gasteiger partial charge >= 0.3 is 0 Å². The Labute approximate surface area is 787 Å². The van der Waals surface area contributed by atoms with Gasteiger partial charge in [0.15, 0.2) is 0 Å². The van der Waals surface area contributed by atoms with E-state index in [0.717, 1.165) is 158 Å². The van der Waals surface area contributed by atoms with Gasteiger partial charge in [-0.2, -0.15) is 0 Å². The maximum Gasteiger partial charge on any atom is 0.135 e. The molecule has 0 saturated heterocycles. The largest absolute Gasteiger partial charge is 0.497 e. The van der Waals surface area contributed by atoms with Gasteiger partial charge in [-0.15, -0.1) is 0 Å². The number of methoxy groups -OCH3 is 12. The van der Waals surface area contributed by atoms with Crippen LogP contribution in [0.4, 0.5) is 0 Å². The van der Waals surface area contributed by atoms with Crippen LogP contribution < -0.4 is 61.6 Å². The molecule has 0 radical (unpaired) electrons. The zero-order valence-electron chi connectivity index (χ0n) is 78.8. The first kappa shape index (κ1) is 97.2. The van der Waals surface area contributed by atoms with Crippen LogP contribution in [0.5, 0.6) is 74.7 Å². The van der Waals surface area contributed by atoms with Crippen LogP contribution in [0, 0.1) is 0 Å². The van der Waals surface area contributed by atoms with Gasteiger partial charge in [0.1, 0.15) is 81.4 Å². The third-order valence-corrected chi connectivity index (χ3v) is 23.7. The van der Waals surface area contributed by atoms with Crippen LogP contribution in [0.2, 0.25) is 0 Å². The van der Waals surface area contributed by atoms with Gasteiger partial charge in [0.05, 0.1) is 85.3 Å². The van der Waals surface area contributed by atoms with Gasteiger partial charge in [0, 0.05) is 17.4 Å². The van der Waals surface area contributed by atoms with Gasteiger partial charge in [-0.25, -0.2) is 0 Å². The fourth-order valence-corrected chi connectivity index (χ4v) is 15.8. The van der Waals surface area contributed by atoms with Crippen molar-refractivity contribution in [1.29, 1.82) is 0 Å². The third-order valence-electron chi connectivity index (χ3n) is 23.7. The summed E-state index contributed by atoms with van der Waals surface area (Å²) in [5.74, 6) is 11.9. The Hall–Kier alpha value is -14.8. The number of benzene rings is 16. The molecule has 16 aromatic rings. The fraction of sp³-hybridized carbons (Fsp3) is 0.217. The van der Waals surface area contributed by atoms with Crippen LogP contribution in [-0.2, 0) is 83.5 Å². The molecule has 0 bridgehead atoms. The van der Waals surface area contributed by atoms with E-state index in [2.05, 4.69) is 218 Å². The predicted molar refractivity (Wildman–Crippen MR) is 545 cm³/mol. The van der Waals surface area contributed by atoms with E-state index in [1.165, 1.54) is 116 Å². The summed E-state index contributed by atoms with van der Waals surface area (Å²) >= 11 is 0. The van der Waals surface area contributed by atoms with Crippen LogP contribution in [0.1, 0.15) is 83.5 Å². The van der Waals surface area contributed by atoms with Crippen LogP contribution in [0.25, 0.3) is 38.7 Å². The van der Waals surface area contributed by atoms with Crippen molar-refractivity contribution >= 4 is 27.6 Å². The third kappa shape index (κ3) is 29.6. The minimum Gasteiger partial charge on any atom is -0.497 e. The normalized spacial score (nSPS) is 10.9. The maximum atomic E-state index is 6.06. The molecular formula is C120H124O13. The van der Waals surface area contributed by atoms with Crippen LogP contribution in [0.15, 0.2) is 358 Å². The van der Waals surface area contributed by atoms with Crippen LogP contribution >= 0.6 is 0 Å². The Kier molecular flexibility index (Phi) is 38.1. The molecule has 0 atom stereocenters. The number of fused-ring (bicyclic) bond motifs is 10. The molecule has 16 aromatic carbocycles. The van der Waals surface area contributed by atoms with Crippen molar-refractivity contribution in [3.8, 4) is 85.9 Å². The van der Waals surface area contributed by atoms with Crippen molar-refractivity contribution in [3.05, 3.63) is 441 Å². The second-order valence-electron chi connectivity index (χ2n) is 32.0. The van der Waals surface area contributed by atoms with Crippen LogP contribution in [-0.4, -0.2) is 91.9 Å². The lowest BCUT2D eigenvalue weighted by Crippen LogP contribution is -2.04. The highest BCUT2D eigenvalue weighted by molar-refractivity contribution is 6.09. The Morgan fingerprint density at radius 3 is 0.602 bits per heavy atom. The number of ether oxygens (including phenoxy) is 13. The molecule has 0 fully saturated rings. The van der Waals surface area contributed by atoms with Gasteiger partial charge in [0.25, 0.3) is 0 Å². The van der Waals surface area contributed by atoms with Gasteiger partial charge in [-0.05, 0) is 334 Å². The topological polar surface area (TPSA) is 120 Å². The van der Waals surface area contributed by atoms with Crippen molar-refractivity contribution in [2.24, 2.45) is 0 Å². The molecule has 133 heavy (non-hydrogen) atoms. The van der Waals surface area contributed by atoms with Crippen molar-refractivity contribution in [1.82, 2.24) is 0 Å². The van der Waals surface area contributed by atoms with E-state index in [4.69, 9.17) is 61.6 Å². The van der Waals surface area contributed by atoms with Crippen molar-refractivity contribution in [3.63, 3.8) is 0 Å². The number of hydrogen-bond acceptors (Lipinski definition) is 13. The minimum absolute atomic E-state index is 0.658. The molecule has 0 amide bonds. The van der Waals surface area contributed by atoms with Crippen molar-refractivity contribution in [2.75, 3.05) is 91.9 Å². The summed E-state index contributed by atoms with van der Waals surface area (Å²) in [6.45, 7) is 0.658. The molecule has 1 aliphatic carbocycles. The number of rotatable bonds is 30. The highest BCUT2D eigenvalue weighted by Crippen LogP contribution is 2.50. The molecule has 1 heterocycles. The van der Waals surface area contributed by atoms with E-state index in [9.17, 15) is 0 Å². The molecular weight excluding hydrogens is 1650 g/mol. The molecule has 0 N–H and O–H groups in total.